The van der Waals surface area contributed by atoms with Crippen molar-refractivity contribution in [2.75, 3.05) is 0 Å². The van der Waals surface area contributed by atoms with E-state index in [1.165, 1.54) is 180 Å². The van der Waals surface area contributed by atoms with E-state index >= 15 is 0 Å². The molecule has 0 aliphatic carbocycles. The number of rotatable bonds is 32. The Morgan fingerprint density at radius 3 is 0.545 bits per heavy atom. The van der Waals surface area contributed by atoms with E-state index in [1.807, 2.05) is 72.8 Å². The first-order chi connectivity index (χ1) is 31.4. The summed E-state index contributed by atoms with van der Waals surface area (Å²) >= 11 is 0. The quantitative estimate of drug-likeness (QED) is 0.0368. The number of benzene rings is 4. The molecule has 0 heterocycles. The van der Waals surface area contributed by atoms with Gasteiger partial charge in [-0.2, -0.15) is 27.0 Å². The van der Waals surface area contributed by atoms with Gasteiger partial charge in [0.05, 0.1) is 0 Å². The van der Waals surface area contributed by atoms with Crippen LogP contribution in [-0.2, 0) is 25.7 Å². The Labute approximate surface area is 420 Å². The highest BCUT2D eigenvalue weighted by Crippen LogP contribution is 2.22. The Morgan fingerprint density at radius 1 is 0.227 bits per heavy atom. The third kappa shape index (κ3) is 36.8. The highest BCUT2D eigenvalue weighted by atomic mass is 32.1. The molecule has 0 fully saturated rings. The molecule has 0 saturated heterocycles. The Kier molecular flexibility index (Phi) is 47.4. The molecule has 0 spiro atoms. The van der Waals surface area contributed by atoms with Crippen LogP contribution in [0.3, 0.4) is 0 Å². The number of hydrogen-bond donors (Lipinski definition) is 4. The lowest BCUT2D eigenvalue weighted by Gasteiger charge is -2.04. The molecule has 4 rings (SSSR count). The number of hydrogen-bond acceptors (Lipinski definition) is 4. The lowest BCUT2D eigenvalue weighted by Crippen LogP contribution is -1.87. The van der Waals surface area contributed by atoms with Crippen LogP contribution in [0, 0.1) is 0 Å². The average Bonchev–Trinajstić information content (AvgIpc) is 3.31. The summed E-state index contributed by atoms with van der Waals surface area (Å²) in [6.45, 7) is 8.99. The zero-order valence-corrected chi connectivity index (χ0v) is 44.7. The molecular formula is C60H100O4S2. The minimum Gasteiger partial charge on any atom is -0.508 e. The van der Waals surface area contributed by atoms with Crippen molar-refractivity contribution in [3.05, 3.63) is 119 Å². The van der Waals surface area contributed by atoms with Crippen molar-refractivity contribution in [1.82, 2.24) is 0 Å². The lowest BCUT2D eigenvalue weighted by atomic mass is 10.0. The van der Waals surface area contributed by atoms with Gasteiger partial charge < -0.3 is 20.4 Å². The lowest BCUT2D eigenvalue weighted by molar-refractivity contribution is 0.465. The zero-order valence-electron chi connectivity index (χ0n) is 42.7. The van der Waals surface area contributed by atoms with Crippen LogP contribution in [0.1, 0.15) is 230 Å². The summed E-state index contributed by atoms with van der Waals surface area (Å²) in [6.07, 6.45) is 41.1. The van der Waals surface area contributed by atoms with Crippen molar-refractivity contribution in [3.63, 3.8) is 0 Å². The predicted octanol–water partition coefficient (Wildman–Crippen LogP) is 19.0. The highest BCUT2D eigenvalue weighted by molar-refractivity contribution is 7.59. The van der Waals surface area contributed by atoms with Gasteiger partial charge in [-0.05, 0) is 97.9 Å². The van der Waals surface area contributed by atoms with Crippen LogP contribution in [-0.4, -0.2) is 20.4 Å². The first-order valence-corrected chi connectivity index (χ1v) is 26.4. The summed E-state index contributed by atoms with van der Waals surface area (Å²) in [6, 6.07) is 30.7. The minimum atomic E-state index is 0. The fourth-order valence-corrected chi connectivity index (χ4v) is 7.98. The van der Waals surface area contributed by atoms with Crippen LogP contribution in [0.15, 0.2) is 97.1 Å². The van der Waals surface area contributed by atoms with E-state index in [1.54, 1.807) is 24.3 Å². The maximum Gasteiger partial charge on any atom is 0.118 e. The molecule has 0 aromatic heterocycles. The summed E-state index contributed by atoms with van der Waals surface area (Å²) in [5.74, 6) is 1.81. The molecule has 0 amide bonds. The number of unbranched alkanes of at least 4 members (excludes halogenated alkanes) is 24. The molecular weight excluding hydrogens is 849 g/mol. The number of para-hydroxylation sites is 4. The monoisotopic (exact) mass is 949 g/mol. The molecule has 4 aromatic carbocycles. The van der Waals surface area contributed by atoms with Gasteiger partial charge in [0.15, 0.2) is 0 Å². The largest absolute Gasteiger partial charge is 0.508 e. The fourth-order valence-electron chi connectivity index (χ4n) is 7.98. The zero-order chi connectivity index (χ0) is 46.6. The van der Waals surface area contributed by atoms with E-state index in [4.69, 9.17) is 0 Å². The van der Waals surface area contributed by atoms with Crippen LogP contribution in [0.25, 0.3) is 0 Å². The Bertz CT molecular complexity index is 1370. The molecule has 0 aliphatic heterocycles. The molecule has 0 radical (unpaired) electrons. The summed E-state index contributed by atoms with van der Waals surface area (Å²) in [5, 5.41) is 38.3. The van der Waals surface area contributed by atoms with Gasteiger partial charge in [-0.25, -0.2) is 0 Å². The molecule has 66 heavy (non-hydrogen) atoms. The molecule has 6 heteroatoms. The Hall–Kier alpha value is -3.22. The van der Waals surface area contributed by atoms with Gasteiger partial charge in [0.1, 0.15) is 23.0 Å². The van der Waals surface area contributed by atoms with Crippen LogP contribution in [0.4, 0.5) is 0 Å². The normalized spacial score (nSPS) is 10.2. The molecule has 4 nitrogen and oxygen atoms in total. The molecule has 4 N–H and O–H groups in total. The van der Waals surface area contributed by atoms with Crippen LogP contribution in [0.5, 0.6) is 23.0 Å². The SMILES string of the molecule is CCCCCCCCCc1ccccc1O.CCCCCCCCCc1ccccc1O.CCCCCCCCCc1ccccc1O.CCCCCCCCCc1ccccc1O.S.S. The molecule has 4 aromatic rings. The van der Waals surface area contributed by atoms with Crippen molar-refractivity contribution >= 4 is 27.0 Å². The van der Waals surface area contributed by atoms with Crippen LogP contribution < -0.4 is 0 Å². The van der Waals surface area contributed by atoms with Crippen LogP contribution in [0.2, 0.25) is 0 Å². The molecule has 0 bridgehead atoms. The summed E-state index contributed by atoms with van der Waals surface area (Å²) < 4.78 is 0. The number of aryl methyl sites for hydroxylation is 4. The van der Waals surface area contributed by atoms with Gasteiger partial charge in [0.25, 0.3) is 0 Å². The molecule has 0 unspecified atom stereocenters. The second kappa shape index (κ2) is 48.2. The van der Waals surface area contributed by atoms with E-state index in [9.17, 15) is 20.4 Å². The number of phenols is 4. The minimum absolute atomic E-state index is 0. The van der Waals surface area contributed by atoms with Crippen molar-refractivity contribution in [1.29, 1.82) is 0 Å². The van der Waals surface area contributed by atoms with E-state index in [0.717, 1.165) is 47.9 Å². The smallest absolute Gasteiger partial charge is 0.118 e. The molecule has 0 atom stereocenters. The van der Waals surface area contributed by atoms with Gasteiger partial charge in [0.2, 0.25) is 0 Å². The van der Waals surface area contributed by atoms with Crippen molar-refractivity contribution in [2.45, 2.75) is 233 Å². The fraction of sp³-hybridized carbons (Fsp3) is 0.600. The van der Waals surface area contributed by atoms with Gasteiger partial charge >= 0.3 is 0 Å². The highest BCUT2D eigenvalue weighted by Gasteiger charge is 2.02. The summed E-state index contributed by atoms with van der Waals surface area (Å²) in [5.41, 5.74) is 4.37. The second-order valence-corrected chi connectivity index (χ2v) is 18.0. The van der Waals surface area contributed by atoms with Crippen molar-refractivity contribution in [2.24, 2.45) is 0 Å². The summed E-state index contributed by atoms with van der Waals surface area (Å²) in [4.78, 5) is 0. The Morgan fingerprint density at radius 2 is 0.379 bits per heavy atom. The van der Waals surface area contributed by atoms with Crippen molar-refractivity contribution in [3.8, 4) is 23.0 Å². The standard InChI is InChI=1S/4C15H24O.2H2S/c4*1-2-3-4-5-6-7-8-11-14-12-9-10-13-15(14)16;;/h4*9-10,12-13,16H,2-8,11H2,1H3;2*1H2. The van der Waals surface area contributed by atoms with Crippen molar-refractivity contribution < 1.29 is 20.4 Å². The molecule has 0 saturated carbocycles. The number of aromatic hydroxyl groups is 4. The van der Waals surface area contributed by atoms with E-state index in [2.05, 4.69) is 27.7 Å². The topological polar surface area (TPSA) is 80.9 Å². The Balaban J connectivity index is 0. The van der Waals surface area contributed by atoms with Gasteiger partial charge in [0, 0.05) is 0 Å². The average molecular weight is 950 g/mol. The third-order valence-electron chi connectivity index (χ3n) is 12.2. The maximum atomic E-state index is 9.58. The van der Waals surface area contributed by atoms with E-state index in [-0.39, 0.29) is 27.0 Å². The second-order valence-electron chi connectivity index (χ2n) is 18.0. The molecule has 376 valence electrons. The maximum absolute atomic E-state index is 9.58. The first kappa shape index (κ1) is 64.9. The van der Waals surface area contributed by atoms with Gasteiger partial charge in [-0.15, -0.1) is 0 Å². The molecule has 0 aliphatic rings. The van der Waals surface area contributed by atoms with Gasteiger partial charge in [-0.1, -0.05) is 255 Å². The predicted molar refractivity (Wildman–Crippen MR) is 300 cm³/mol. The van der Waals surface area contributed by atoms with E-state index < -0.39 is 0 Å². The first-order valence-electron chi connectivity index (χ1n) is 26.4. The number of phenolic OH excluding ortho intramolecular Hbond substituents is 4. The third-order valence-corrected chi connectivity index (χ3v) is 12.2. The van der Waals surface area contributed by atoms with Crippen LogP contribution >= 0.6 is 27.0 Å². The summed E-state index contributed by atoms with van der Waals surface area (Å²) in [7, 11) is 0. The van der Waals surface area contributed by atoms with Gasteiger partial charge in [-0.3, -0.25) is 0 Å². The van der Waals surface area contributed by atoms with E-state index in [0.29, 0.717) is 23.0 Å².